The number of ketones is 1. The lowest BCUT2D eigenvalue weighted by Gasteiger charge is -2.18. The molecular formula is C10H17NO2. The van der Waals surface area contributed by atoms with Crippen LogP contribution in [0.1, 0.15) is 34.1 Å². The molecule has 0 bridgehead atoms. The predicted octanol–water partition coefficient (Wildman–Crippen LogP) is 1.92. The largest absolute Gasteiger partial charge is 0.379 e. The predicted molar refractivity (Wildman–Crippen MR) is 50.1 cm³/mol. The Hall–Kier alpha value is -0.880. The molecule has 0 aliphatic rings. The monoisotopic (exact) mass is 183 g/mol. The number of Topliss-reactive ketones (excluding diaryl/α,β-unsaturated/α-hetero) is 1. The van der Waals surface area contributed by atoms with Gasteiger partial charge in [0.25, 0.3) is 0 Å². The molecule has 0 aromatic heterocycles. The molecule has 1 unspecified atom stereocenters. The van der Waals surface area contributed by atoms with Gasteiger partial charge in [0.1, 0.15) is 11.2 Å². The fourth-order valence-electron chi connectivity index (χ4n) is 0.809. The summed E-state index contributed by atoms with van der Waals surface area (Å²) in [4.78, 5) is 11.1. The molecule has 0 aromatic carbocycles. The highest BCUT2D eigenvalue weighted by Crippen LogP contribution is 2.21. The smallest absolute Gasteiger partial charge is 0.149 e. The topological polar surface area (TPSA) is 50.1 Å². The Morgan fingerprint density at radius 3 is 2.46 bits per heavy atom. The van der Waals surface area contributed by atoms with Gasteiger partial charge in [-0.2, -0.15) is 5.26 Å². The first kappa shape index (κ1) is 12.1. The summed E-state index contributed by atoms with van der Waals surface area (Å²) in [5.74, 6) is -0.0950. The zero-order chi connectivity index (χ0) is 10.5. The van der Waals surface area contributed by atoms with E-state index in [9.17, 15) is 4.79 Å². The molecule has 0 aliphatic carbocycles. The molecule has 0 radical (unpaired) electrons. The molecule has 74 valence electrons. The number of nitriles is 1. The van der Waals surface area contributed by atoms with Crippen molar-refractivity contribution < 1.29 is 9.53 Å². The van der Waals surface area contributed by atoms with Gasteiger partial charge in [-0.3, -0.25) is 4.79 Å². The summed E-state index contributed by atoms with van der Waals surface area (Å²) in [7, 11) is 0. The Labute approximate surface area is 79.7 Å². The van der Waals surface area contributed by atoms with E-state index in [1.165, 1.54) is 6.92 Å². The lowest BCUT2D eigenvalue weighted by molar-refractivity contribution is -0.124. The van der Waals surface area contributed by atoms with Crippen LogP contribution in [-0.2, 0) is 9.53 Å². The Morgan fingerprint density at radius 2 is 2.15 bits per heavy atom. The Bertz CT molecular complexity index is 217. The zero-order valence-corrected chi connectivity index (χ0v) is 8.76. The lowest BCUT2D eigenvalue weighted by atomic mass is 9.85. The first-order valence-electron chi connectivity index (χ1n) is 4.46. The van der Waals surface area contributed by atoms with Crippen molar-refractivity contribution in [1.82, 2.24) is 0 Å². The molecule has 3 heteroatoms. The van der Waals surface area contributed by atoms with Gasteiger partial charge in [-0.15, -0.1) is 0 Å². The quantitative estimate of drug-likeness (QED) is 0.654. The summed E-state index contributed by atoms with van der Waals surface area (Å²) >= 11 is 0. The molecule has 0 aromatic rings. The number of carbonyl (C=O) groups excluding carboxylic acids is 1. The molecule has 0 amide bonds. The van der Waals surface area contributed by atoms with E-state index in [0.717, 1.165) is 0 Å². The number of ether oxygens (including phenoxy) is 1. The van der Waals surface area contributed by atoms with E-state index in [2.05, 4.69) is 0 Å². The van der Waals surface area contributed by atoms with Crippen molar-refractivity contribution in [3.05, 3.63) is 0 Å². The fourth-order valence-corrected chi connectivity index (χ4v) is 0.809. The van der Waals surface area contributed by atoms with Crippen molar-refractivity contribution in [2.24, 2.45) is 5.41 Å². The van der Waals surface area contributed by atoms with Crippen LogP contribution in [0.5, 0.6) is 0 Å². The average molecular weight is 183 g/mol. The number of hydrogen-bond acceptors (Lipinski definition) is 3. The third kappa shape index (κ3) is 4.05. The van der Waals surface area contributed by atoms with E-state index < -0.39 is 5.41 Å². The van der Waals surface area contributed by atoms with Gasteiger partial charge in [0.05, 0.1) is 12.2 Å². The molecule has 0 spiro atoms. The summed E-state index contributed by atoms with van der Waals surface area (Å²) in [6, 6.07) is 2.02. The van der Waals surface area contributed by atoms with E-state index >= 15 is 0 Å². The summed E-state index contributed by atoms with van der Waals surface area (Å²) in [5.41, 5.74) is -0.880. The second kappa shape index (κ2) is 4.98. The molecule has 0 aliphatic heterocycles. The van der Waals surface area contributed by atoms with Gasteiger partial charge in [-0.1, -0.05) is 0 Å². The summed E-state index contributed by atoms with van der Waals surface area (Å²) in [5, 5.41) is 8.79. The Kier molecular flexibility index (Phi) is 4.64. The first-order chi connectivity index (χ1) is 5.92. The van der Waals surface area contributed by atoms with E-state index in [1.54, 1.807) is 6.92 Å². The van der Waals surface area contributed by atoms with Crippen molar-refractivity contribution in [2.45, 2.75) is 40.2 Å². The standard InChI is InChI=1S/C10H17NO2/c1-8(2)13-6-5-10(4,7-11)9(3)12/h8H,5-6H2,1-4H3. The Morgan fingerprint density at radius 1 is 1.62 bits per heavy atom. The molecule has 1 atom stereocenters. The van der Waals surface area contributed by atoms with Crippen LogP contribution in [-0.4, -0.2) is 18.5 Å². The van der Waals surface area contributed by atoms with Crippen LogP contribution in [0, 0.1) is 16.7 Å². The van der Waals surface area contributed by atoms with Crippen LogP contribution >= 0.6 is 0 Å². The zero-order valence-electron chi connectivity index (χ0n) is 8.76. The highest BCUT2D eigenvalue weighted by atomic mass is 16.5. The van der Waals surface area contributed by atoms with Crippen LogP contribution in [0.4, 0.5) is 0 Å². The fraction of sp³-hybridized carbons (Fsp3) is 0.800. The molecule has 3 nitrogen and oxygen atoms in total. The molecule has 0 saturated carbocycles. The minimum Gasteiger partial charge on any atom is -0.379 e. The second-order valence-electron chi connectivity index (χ2n) is 3.67. The average Bonchev–Trinajstić information content (AvgIpc) is 2.03. The minimum absolute atomic E-state index is 0.0950. The summed E-state index contributed by atoms with van der Waals surface area (Å²) in [6.07, 6.45) is 0.617. The second-order valence-corrected chi connectivity index (χ2v) is 3.67. The summed E-state index contributed by atoms with van der Waals surface area (Å²) in [6.45, 7) is 7.41. The van der Waals surface area contributed by atoms with Crippen molar-refractivity contribution in [3.8, 4) is 6.07 Å². The minimum atomic E-state index is -0.880. The molecule has 0 saturated heterocycles. The molecule has 13 heavy (non-hydrogen) atoms. The molecule has 0 heterocycles. The molecule has 0 N–H and O–H groups in total. The van der Waals surface area contributed by atoms with Crippen LogP contribution < -0.4 is 0 Å². The molecular weight excluding hydrogens is 166 g/mol. The molecule has 0 fully saturated rings. The van der Waals surface area contributed by atoms with E-state index in [1.807, 2.05) is 19.9 Å². The third-order valence-corrected chi connectivity index (χ3v) is 2.08. The van der Waals surface area contributed by atoms with Gasteiger partial charge in [-0.05, 0) is 34.1 Å². The van der Waals surface area contributed by atoms with Gasteiger partial charge >= 0.3 is 0 Å². The van der Waals surface area contributed by atoms with Gasteiger partial charge in [0.15, 0.2) is 0 Å². The van der Waals surface area contributed by atoms with Gasteiger partial charge < -0.3 is 4.74 Å². The van der Waals surface area contributed by atoms with E-state index in [-0.39, 0.29) is 11.9 Å². The van der Waals surface area contributed by atoms with Crippen LogP contribution in [0.3, 0.4) is 0 Å². The van der Waals surface area contributed by atoms with Crippen molar-refractivity contribution in [1.29, 1.82) is 5.26 Å². The number of nitrogens with zero attached hydrogens (tertiary/aromatic N) is 1. The van der Waals surface area contributed by atoms with Crippen LogP contribution in [0.15, 0.2) is 0 Å². The van der Waals surface area contributed by atoms with Crippen molar-refractivity contribution >= 4 is 5.78 Å². The normalized spacial score (nSPS) is 15.1. The van der Waals surface area contributed by atoms with Gasteiger partial charge in [0.2, 0.25) is 0 Å². The van der Waals surface area contributed by atoms with E-state index in [0.29, 0.717) is 13.0 Å². The molecule has 0 rings (SSSR count). The highest BCUT2D eigenvalue weighted by Gasteiger charge is 2.29. The maximum absolute atomic E-state index is 11.1. The highest BCUT2D eigenvalue weighted by molar-refractivity contribution is 5.84. The van der Waals surface area contributed by atoms with E-state index in [4.69, 9.17) is 10.00 Å². The lowest BCUT2D eigenvalue weighted by Crippen LogP contribution is -2.25. The van der Waals surface area contributed by atoms with Crippen molar-refractivity contribution in [3.63, 3.8) is 0 Å². The van der Waals surface area contributed by atoms with Crippen molar-refractivity contribution in [2.75, 3.05) is 6.61 Å². The third-order valence-electron chi connectivity index (χ3n) is 2.08. The first-order valence-corrected chi connectivity index (χ1v) is 4.46. The maximum atomic E-state index is 11.1. The Balaban J connectivity index is 4.01. The number of carbonyl (C=O) groups is 1. The van der Waals surface area contributed by atoms with Gasteiger partial charge in [-0.25, -0.2) is 0 Å². The maximum Gasteiger partial charge on any atom is 0.149 e. The number of hydrogen-bond donors (Lipinski definition) is 0. The summed E-state index contributed by atoms with van der Waals surface area (Å²) < 4.78 is 5.29. The van der Waals surface area contributed by atoms with Crippen LogP contribution in [0.2, 0.25) is 0 Å². The van der Waals surface area contributed by atoms with Crippen LogP contribution in [0.25, 0.3) is 0 Å². The number of rotatable bonds is 5. The SMILES string of the molecule is CC(=O)C(C)(C#N)CCOC(C)C. The van der Waals surface area contributed by atoms with Gasteiger partial charge in [0, 0.05) is 6.61 Å².